The van der Waals surface area contributed by atoms with Crippen LogP contribution in [0.15, 0.2) is 24.3 Å². The third-order valence-corrected chi connectivity index (χ3v) is 0.940. The van der Waals surface area contributed by atoms with Crippen LogP contribution in [-0.2, 0) is 4.79 Å². The maximum atomic E-state index is 10.4. The van der Waals surface area contributed by atoms with Crippen LogP contribution >= 0.6 is 0 Å². The number of carbonyl (C=O) groups excluding carboxylic acids is 1. The summed E-state index contributed by atoms with van der Waals surface area (Å²) in [5.74, 6) is 0.231. The lowest BCUT2D eigenvalue weighted by atomic mass is 10.3. The molecule has 0 atom stereocenters. The van der Waals surface area contributed by atoms with Crippen molar-refractivity contribution in [2.45, 2.75) is 6.92 Å². The normalized spacial score (nSPS) is 8.90. The van der Waals surface area contributed by atoms with Crippen molar-refractivity contribution in [3.63, 3.8) is 0 Å². The van der Waals surface area contributed by atoms with E-state index in [0.717, 1.165) is 0 Å². The molecule has 51 valence electrons. The Kier molecular flexibility index (Phi) is 2.05. The zero-order valence-electron chi connectivity index (χ0n) is 5.63. The molecule has 0 aliphatic heterocycles. The quantitative estimate of drug-likeness (QED) is 0.430. The second-order valence-electron chi connectivity index (χ2n) is 1.83. The molecule has 0 aliphatic rings. The summed E-state index contributed by atoms with van der Waals surface area (Å²) in [6, 6.07) is 9.61. The summed E-state index contributed by atoms with van der Waals surface area (Å²) in [6.45, 7) is 1.37. The largest absolute Gasteiger partial charge is 0.427 e. The van der Waals surface area contributed by atoms with Crippen molar-refractivity contribution in [3.05, 3.63) is 30.3 Å². The minimum Gasteiger partial charge on any atom is -0.427 e. The van der Waals surface area contributed by atoms with E-state index in [1.165, 1.54) is 6.92 Å². The van der Waals surface area contributed by atoms with Gasteiger partial charge in [0, 0.05) is 6.92 Å². The fraction of sp³-hybridized carbons (Fsp3) is 0.125. The zero-order valence-corrected chi connectivity index (χ0v) is 5.63. The average molecular weight is 135 g/mol. The monoisotopic (exact) mass is 135 g/mol. The minimum atomic E-state index is -0.306. The van der Waals surface area contributed by atoms with E-state index in [9.17, 15) is 4.79 Å². The van der Waals surface area contributed by atoms with Crippen LogP contribution < -0.4 is 4.74 Å². The van der Waals surface area contributed by atoms with Crippen molar-refractivity contribution >= 4 is 5.97 Å². The van der Waals surface area contributed by atoms with Gasteiger partial charge < -0.3 is 4.74 Å². The number of esters is 1. The van der Waals surface area contributed by atoms with Crippen LogP contribution in [0, 0.1) is 6.07 Å². The molecule has 1 radical (unpaired) electrons. The molecule has 2 nitrogen and oxygen atoms in total. The van der Waals surface area contributed by atoms with Crippen LogP contribution in [0.5, 0.6) is 5.75 Å². The SMILES string of the molecule is CC(=O)Oc1c[c]ccc1. The van der Waals surface area contributed by atoms with Crippen molar-refractivity contribution in [1.82, 2.24) is 0 Å². The van der Waals surface area contributed by atoms with Crippen molar-refractivity contribution in [2.75, 3.05) is 0 Å². The van der Waals surface area contributed by atoms with E-state index in [2.05, 4.69) is 6.07 Å². The molecule has 0 spiro atoms. The lowest BCUT2D eigenvalue weighted by molar-refractivity contribution is -0.131. The molecule has 0 saturated heterocycles. The van der Waals surface area contributed by atoms with Gasteiger partial charge in [-0.25, -0.2) is 0 Å². The Bertz CT molecular complexity index is 216. The molecule has 0 N–H and O–H groups in total. The number of benzene rings is 1. The van der Waals surface area contributed by atoms with Gasteiger partial charge in [0.2, 0.25) is 0 Å². The maximum Gasteiger partial charge on any atom is 0.308 e. The number of hydrogen-bond donors (Lipinski definition) is 0. The standard InChI is InChI=1S/C8H7O2/c1-7(9)10-8-5-3-2-4-6-8/h2-3,5-6H,1H3. The average Bonchev–Trinajstić information content (AvgIpc) is 1.88. The Hall–Kier alpha value is -1.31. The summed E-state index contributed by atoms with van der Waals surface area (Å²) in [7, 11) is 0. The topological polar surface area (TPSA) is 26.3 Å². The predicted molar refractivity (Wildman–Crippen MR) is 36.6 cm³/mol. The van der Waals surface area contributed by atoms with E-state index in [4.69, 9.17) is 4.74 Å². The van der Waals surface area contributed by atoms with Gasteiger partial charge in [0.25, 0.3) is 0 Å². The number of ether oxygens (including phenoxy) is 1. The fourth-order valence-electron chi connectivity index (χ4n) is 0.606. The van der Waals surface area contributed by atoms with Crippen molar-refractivity contribution < 1.29 is 9.53 Å². The van der Waals surface area contributed by atoms with Gasteiger partial charge in [-0.3, -0.25) is 4.79 Å². The molecule has 0 heterocycles. The third kappa shape index (κ3) is 1.90. The Balaban J connectivity index is 2.67. The third-order valence-electron chi connectivity index (χ3n) is 0.940. The highest BCUT2D eigenvalue weighted by molar-refractivity contribution is 5.69. The van der Waals surface area contributed by atoms with Crippen LogP contribution in [0.3, 0.4) is 0 Å². The van der Waals surface area contributed by atoms with Gasteiger partial charge >= 0.3 is 5.97 Å². The van der Waals surface area contributed by atoms with E-state index < -0.39 is 0 Å². The Morgan fingerprint density at radius 3 is 3.00 bits per heavy atom. The molecule has 1 aromatic rings. The summed E-state index contributed by atoms with van der Waals surface area (Å²) in [5.41, 5.74) is 0. The van der Waals surface area contributed by atoms with Gasteiger partial charge in [-0.05, 0) is 18.2 Å². The fourth-order valence-corrected chi connectivity index (χ4v) is 0.606. The molecule has 2 heteroatoms. The van der Waals surface area contributed by atoms with Gasteiger partial charge in [-0.15, -0.1) is 0 Å². The molecule has 1 aromatic carbocycles. The number of carbonyl (C=O) groups is 1. The molecular weight excluding hydrogens is 128 g/mol. The van der Waals surface area contributed by atoms with Gasteiger partial charge in [-0.1, -0.05) is 12.1 Å². The first kappa shape index (κ1) is 6.81. The second kappa shape index (κ2) is 3.01. The van der Waals surface area contributed by atoms with E-state index in [1.54, 1.807) is 24.3 Å². The zero-order chi connectivity index (χ0) is 7.40. The summed E-state index contributed by atoms with van der Waals surface area (Å²) in [6.07, 6.45) is 0. The molecule has 1 rings (SSSR count). The highest BCUT2D eigenvalue weighted by Crippen LogP contribution is 2.07. The Morgan fingerprint density at radius 1 is 1.70 bits per heavy atom. The van der Waals surface area contributed by atoms with Crippen molar-refractivity contribution in [1.29, 1.82) is 0 Å². The highest BCUT2D eigenvalue weighted by Gasteiger charge is 1.93. The first-order valence-corrected chi connectivity index (χ1v) is 2.93. The molecule has 0 bridgehead atoms. The van der Waals surface area contributed by atoms with Crippen LogP contribution in [0.2, 0.25) is 0 Å². The minimum absolute atomic E-state index is 0.306. The lowest BCUT2D eigenvalue weighted by Gasteiger charge is -1.97. The molecular formula is C8H7O2. The maximum absolute atomic E-state index is 10.4. The van der Waals surface area contributed by atoms with Crippen LogP contribution in [-0.4, -0.2) is 5.97 Å². The van der Waals surface area contributed by atoms with Crippen LogP contribution in [0.1, 0.15) is 6.92 Å². The van der Waals surface area contributed by atoms with E-state index in [1.807, 2.05) is 0 Å². The van der Waals surface area contributed by atoms with E-state index in [-0.39, 0.29) is 5.97 Å². The molecule has 0 amide bonds. The Morgan fingerprint density at radius 2 is 2.50 bits per heavy atom. The van der Waals surface area contributed by atoms with Gasteiger partial charge in [0.1, 0.15) is 5.75 Å². The van der Waals surface area contributed by atoms with E-state index in [0.29, 0.717) is 5.75 Å². The van der Waals surface area contributed by atoms with Gasteiger partial charge in [-0.2, -0.15) is 0 Å². The van der Waals surface area contributed by atoms with Crippen LogP contribution in [0.25, 0.3) is 0 Å². The second-order valence-corrected chi connectivity index (χ2v) is 1.83. The predicted octanol–water partition coefficient (Wildman–Crippen LogP) is 1.41. The molecule has 0 unspecified atom stereocenters. The molecule has 0 aliphatic carbocycles. The summed E-state index contributed by atoms with van der Waals surface area (Å²) >= 11 is 0. The Labute approximate surface area is 59.4 Å². The first-order chi connectivity index (χ1) is 4.79. The van der Waals surface area contributed by atoms with Gasteiger partial charge in [0.15, 0.2) is 0 Å². The molecule has 10 heavy (non-hydrogen) atoms. The smallest absolute Gasteiger partial charge is 0.308 e. The molecule has 0 saturated carbocycles. The first-order valence-electron chi connectivity index (χ1n) is 2.93. The molecule has 0 aromatic heterocycles. The summed E-state index contributed by atoms with van der Waals surface area (Å²) in [5, 5.41) is 0. The number of hydrogen-bond acceptors (Lipinski definition) is 2. The number of rotatable bonds is 1. The lowest BCUT2D eigenvalue weighted by Crippen LogP contribution is -2.00. The molecule has 0 fully saturated rings. The van der Waals surface area contributed by atoms with E-state index >= 15 is 0 Å². The van der Waals surface area contributed by atoms with Gasteiger partial charge in [0.05, 0.1) is 0 Å². The van der Waals surface area contributed by atoms with Crippen molar-refractivity contribution in [3.8, 4) is 5.75 Å². The van der Waals surface area contributed by atoms with Crippen LogP contribution in [0.4, 0.5) is 0 Å². The van der Waals surface area contributed by atoms with Crippen molar-refractivity contribution in [2.24, 2.45) is 0 Å². The summed E-state index contributed by atoms with van der Waals surface area (Å²) in [4.78, 5) is 10.4. The highest BCUT2D eigenvalue weighted by atomic mass is 16.5. The summed E-state index contributed by atoms with van der Waals surface area (Å²) < 4.78 is 4.74.